The van der Waals surface area contributed by atoms with E-state index in [1.807, 2.05) is 0 Å². The summed E-state index contributed by atoms with van der Waals surface area (Å²) in [7, 11) is 0. The first-order chi connectivity index (χ1) is 12.5. The van der Waals surface area contributed by atoms with Crippen LogP contribution in [0.1, 0.15) is 24.6 Å². The van der Waals surface area contributed by atoms with Crippen LogP contribution in [0.3, 0.4) is 0 Å². The molecule has 0 bridgehead atoms. The van der Waals surface area contributed by atoms with E-state index in [-0.39, 0.29) is 24.6 Å². The first-order valence-corrected chi connectivity index (χ1v) is 8.82. The monoisotopic (exact) mass is 377 g/mol. The van der Waals surface area contributed by atoms with Crippen LogP contribution in [0.2, 0.25) is 0 Å². The molecule has 1 aliphatic rings. The first kappa shape index (κ1) is 18.0. The number of carbonyl (C=O) groups is 2. The second kappa shape index (κ2) is 8.05. The van der Waals surface area contributed by atoms with Gasteiger partial charge in [0, 0.05) is 17.4 Å². The van der Waals surface area contributed by atoms with Crippen molar-refractivity contribution in [1.82, 2.24) is 4.98 Å². The third-order valence-electron chi connectivity index (χ3n) is 3.53. The predicted octanol–water partition coefficient (Wildman–Crippen LogP) is 2.52. The SMILES string of the molecule is CCOC(=O)Cc1csc(NC(=O)[C@@H]2CC(c3cccc(F)c3)=NO2)n1. The summed E-state index contributed by atoms with van der Waals surface area (Å²) in [6, 6.07) is 5.95. The van der Waals surface area contributed by atoms with Gasteiger partial charge in [-0.15, -0.1) is 11.3 Å². The number of nitrogens with zero attached hydrogens (tertiary/aromatic N) is 2. The molecule has 2 aromatic rings. The lowest BCUT2D eigenvalue weighted by atomic mass is 10.0. The second-order valence-electron chi connectivity index (χ2n) is 5.46. The van der Waals surface area contributed by atoms with Crippen molar-refractivity contribution in [1.29, 1.82) is 0 Å². The van der Waals surface area contributed by atoms with E-state index >= 15 is 0 Å². The molecular formula is C17H16FN3O4S. The van der Waals surface area contributed by atoms with Crippen molar-refractivity contribution in [2.24, 2.45) is 5.16 Å². The number of carbonyl (C=O) groups excluding carboxylic acids is 2. The maximum atomic E-state index is 13.3. The maximum Gasteiger partial charge on any atom is 0.311 e. The zero-order valence-electron chi connectivity index (χ0n) is 13.9. The molecule has 3 rings (SSSR count). The largest absolute Gasteiger partial charge is 0.466 e. The summed E-state index contributed by atoms with van der Waals surface area (Å²) in [4.78, 5) is 33.1. The Morgan fingerprint density at radius 3 is 3.08 bits per heavy atom. The van der Waals surface area contributed by atoms with Crippen LogP contribution >= 0.6 is 11.3 Å². The van der Waals surface area contributed by atoms with Gasteiger partial charge in [-0.3, -0.25) is 14.9 Å². The first-order valence-electron chi connectivity index (χ1n) is 7.94. The van der Waals surface area contributed by atoms with E-state index in [1.165, 1.54) is 23.5 Å². The highest BCUT2D eigenvalue weighted by Crippen LogP contribution is 2.21. The normalized spacial score (nSPS) is 15.9. The molecule has 26 heavy (non-hydrogen) atoms. The van der Waals surface area contributed by atoms with Gasteiger partial charge in [0.15, 0.2) is 5.13 Å². The minimum absolute atomic E-state index is 0.0486. The molecule has 0 unspecified atom stereocenters. The van der Waals surface area contributed by atoms with Crippen LogP contribution < -0.4 is 5.32 Å². The van der Waals surface area contributed by atoms with Crippen molar-refractivity contribution in [3.63, 3.8) is 0 Å². The van der Waals surface area contributed by atoms with Crippen LogP contribution in [0.5, 0.6) is 0 Å². The van der Waals surface area contributed by atoms with Gasteiger partial charge >= 0.3 is 5.97 Å². The Bertz CT molecular complexity index is 852. The van der Waals surface area contributed by atoms with Crippen molar-refractivity contribution in [2.45, 2.75) is 25.9 Å². The molecule has 0 spiro atoms. The fraction of sp³-hybridized carbons (Fsp3) is 0.294. The Labute approximate surface area is 152 Å². The topological polar surface area (TPSA) is 89.9 Å². The molecule has 0 fully saturated rings. The Morgan fingerprint density at radius 2 is 2.31 bits per heavy atom. The molecule has 1 aliphatic heterocycles. The van der Waals surface area contributed by atoms with Gasteiger partial charge in [-0.05, 0) is 19.1 Å². The molecule has 0 saturated carbocycles. The highest BCUT2D eigenvalue weighted by Gasteiger charge is 2.29. The fourth-order valence-electron chi connectivity index (χ4n) is 2.35. The molecule has 0 aliphatic carbocycles. The summed E-state index contributed by atoms with van der Waals surface area (Å²) in [5.74, 6) is -1.16. The van der Waals surface area contributed by atoms with Crippen LogP contribution in [0.25, 0.3) is 0 Å². The molecular weight excluding hydrogens is 361 g/mol. The second-order valence-corrected chi connectivity index (χ2v) is 6.32. The summed E-state index contributed by atoms with van der Waals surface area (Å²) >= 11 is 1.20. The van der Waals surface area contributed by atoms with E-state index in [2.05, 4.69) is 15.5 Å². The lowest BCUT2D eigenvalue weighted by molar-refractivity contribution is -0.142. The molecule has 0 saturated heterocycles. The zero-order valence-corrected chi connectivity index (χ0v) is 14.7. The number of benzene rings is 1. The number of esters is 1. The lowest BCUT2D eigenvalue weighted by Crippen LogP contribution is -2.28. The Hall–Kier alpha value is -2.81. The van der Waals surface area contributed by atoms with Gasteiger partial charge in [-0.2, -0.15) is 0 Å². The number of oxime groups is 1. The van der Waals surface area contributed by atoms with Crippen molar-refractivity contribution in [3.05, 3.63) is 46.7 Å². The van der Waals surface area contributed by atoms with Crippen LogP contribution in [-0.2, 0) is 25.6 Å². The van der Waals surface area contributed by atoms with E-state index in [0.717, 1.165) is 0 Å². The number of thiazole rings is 1. The Kier molecular flexibility index (Phi) is 5.57. The van der Waals surface area contributed by atoms with Gasteiger partial charge in [0.1, 0.15) is 5.82 Å². The van der Waals surface area contributed by atoms with Crippen molar-refractivity contribution >= 4 is 34.1 Å². The molecule has 1 aromatic heterocycles. The number of hydrogen-bond acceptors (Lipinski definition) is 7. The minimum Gasteiger partial charge on any atom is -0.466 e. The van der Waals surface area contributed by atoms with Crippen LogP contribution in [0.15, 0.2) is 34.8 Å². The standard InChI is InChI=1S/C17H16FN3O4S/c1-2-24-15(22)7-12-9-26-17(19-12)20-16(23)14-8-13(21-25-14)10-4-3-5-11(18)6-10/h3-6,9,14H,2,7-8H2,1H3,(H,19,20,23)/t14-/m0/s1. The lowest BCUT2D eigenvalue weighted by Gasteiger charge is -2.07. The molecule has 9 heteroatoms. The van der Waals surface area contributed by atoms with Gasteiger partial charge in [0.2, 0.25) is 6.10 Å². The summed E-state index contributed by atoms with van der Waals surface area (Å²) < 4.78 is 18.1. The zero-order chi connectivity index (χ0) is 18.5. The Balaban J connectivity index is 1.55. The highest BCUT2D eigenvalue weighted by molar-refractivity contribution is 7.13. The number of anilines is 1. The smallest absolute Gasteiger partial charge is 0.311 e. The van der Waals surface area contributed by atoms with Gasteiger partial charge in [0.05, 0.1) is 24.4 Å². The molecule has 7 nitrogen and oxygen atoms in total. The summed E-state index contributed by atoms with van der Waals surface area (Å²) in [6.45, 7) is 2.03. The average Bonchev–Trinajstić information content (AvgIpc) is 3.25. The molecule has 1 atom stereocenters. The van der Waals surface area contributed by atoms with E-state index in [9.17, 15) is 14.0 Å². The van der Waals surface area contributed by atoms with Gasteiger partial charge in [-0.25, -0.2) is 9.37 Å². The van der Waals surface area contributed by atoms with Crippen LogP contribution in [0, 0.1) is 5.82 Å². The molecule has 2 heterocycles. The number of nitrogens with one attached hydrogen (secondary N) is 1. The van der Waals surface area contributed by atoms with E-state index in [0.29, 0.717) is 28.7 Å². The Morgan fingerprint density at radius 1 is 1.46 bits per heavy atom. The average molecular weight is 377 g/mol. The minimum atomic E-state index is -0.814. The number of ether oxygens (including phenoxy) is 1. The summed E-state index contributed by atoms with van der Waals surface area (Å²) in [5, 5.41) is 8.54. The third-order valence-corrected chi connectivity index (χ3v) is 4.34. The van der Waals surface area contributed by atoms with Crippen LogP contribution in [0.4, 0.5) is 9.52 Å². The van der Waals surface area contributed by atoms with Crippen molar-refractivity contribution in [3.8, 4) is 0 Å². The van der Waals surface area contributed by atoms with Crippen LogP contribution in [-0.4, -0.2) is 35.3 Å². The molecule has 1 amide bonds. The molecule has 136 valence electrons. The molecule has 1 N–H and O–H groups in total. The summed E-state index contributed by atoms with van der Waals surface area (Å²) in [5.41, 5.74) is 1.60. The van der Waals surface area contributed by atoms with Gasteiger partial charge in [0.25, 0.3) is 5.91 Å². The third kappa shape index (κ3) is 4.42. The number of amides is 1. The number of halogens is 1. The quantitative estimate of drug-likeness (QED) is 0.782. The van der Waals surface area contributed by atoms with Crippen molar-refractivity contribution < 1.29 is 23.6 Å². The highest BCUT2D eigenvalue weighted by atomic mass is 32.1. The molecule has 1 aromatic carbocycles. The number of rotatable bonds is 6. The van der Waals surface area contributed by atoms with E-state index < -0.39 is 12.0 Å². The summed E-state index contributed by atoms with van der Waals surface area (Å²) in [6.07, 6.45) is -0.533. The van der Waals surface area contributed by atoms with Gasteiger partial charge < -0.3 is 9.57 Å². The number of hydrogen-bond donors (Lipinski definition) is 1. The van der Waals surface area contributed by atoms with E-state index in [4.69, 9.17) is 9.57 Å². The predicted molar refractivity (Wildman–Crippen MR) is 93.5 cm³/mol. The van der Waals surface area contributed by atoms with Crippen molar-refractivity contribution in [2.75, 3.05) is 11.9 Å². The van der Waals surface area contributed by atoms with E-state index in [1.54, 1.807) is 24.4 Å². The maximum absolute atomic E-state index is 13.3. The number of aromatic nitrogens is 1. The fourth-order valence-corrected chi connectivity index (χ4v) is 3.06. The molecule has 0 radical (unpaired) electrons. The van der Waals surface area contributed by atoms with Gasteiger partial charge in [-0.1, -0.05) is 17.3 Å².